The molecule has 0 unspecified atom stereocenters. The fourth-order valence-corrected chi connectivity index (χ4v) is 2.04. The van der Waals surface area contributed by atoms with Crippen LogP contribution >= 0.6 is 0 Å². The van der Waals surface area contributed by atoms with E-state index in [0.29, 0.717) is 6.54 Å². The predicted molar refractivity (Wildman–Crippen MR) is 69.2 cm³/mol. The van der Waals surface area contributed by atoms with Gasteiger partial charge in [-0.1, -0.05) is 6.07 Å². The first kappa shape index (κ1) is 12.9. The van der Waals surface area contributed by atoms with E-state index in [1.807, 2.05) is 39.1 Å². The summed E-state index contributed by atoms with van der Waals surface area (Å²) in [6, 6.07) is 3.95. The van der Waals surface area contributed by atoms with E-state index in [0.717, 1.165) is 30.6 Å². The number of pyridine rings is 1. The minimum absolute atomic E-state index is 0.237. The number of hydrogen-bond acceptors (Lipinski definition) is 3. The zero-order valence-corrected chi connectivity index (χ0v) is 11.3. The molecule has 1 amide bonds. The van der Waals surface area contributed by atoms with E-state index in [9.17, 15) is 4.79 Å². The van der Waals surface area contributed by atoms with Gasteiger partial charge in [-0.2, -0.15) is 0 Å². The number of rotatable bonds is 0. The van der Waals surface area contributed by atoms with E-state index < -0.39 is 5.60 Å². The van der Waals surface area contributed by atoms with Gasteiger partial charge in [0.15, 0.2) is 0 Å². The van der Waals surface area contributed by atoms with Gasteiger partial charge in [-0.3, -0.25) is 4.98 Å². The van der Waals surface area contributed by atoms with Crippen LogP contribution < -0.4 is 0 Å². The summed E-state index contributed by atoms with van der Waals surface area (Å²) in [5, 5.41) is 0. The molecule has 4 nitrogen and oxygen atoms in total. The van der Waals surface area contributed by atoms with Crippen LogP contribution in [0.5, 0.6) is 0 Å². The maximum absolute atomic E-state index is 12.1. The van der Waals surface area contributed by atoms with Crippen molar-refractivity contribution in [3.63, 3.8) is 0 Å². The number of fused-ring (bicyclic) bond motifs is 1. The average molecular weight is 248 g/mol. The summed E-state index contributed by atoms with van der Waals surface area (Å²) in [5.74, 6) is 0. The second-order valence-electron chi connectivity index (χ2n) is 5.61. The quantitative estimate of drug-likeness (QED) is 0.709. The first-order valence-corrected chi connectivity index (χ1v) is 6.36. The Labute approximate surface area is 108 Å². The molecule has 0 aliphatic carbocycles. The summed E-state index contributed by atoms with van der Waals surface area (Å²) in [6.45, 7) is 6.98. The molecule has 18 heavy (non-hydrogen) atoms. The zero-order chi connectivity index (χ0) is 13.2. The van der Waals surface area contributed by atoms with Crippen LogP contribution in [0, 0.1) is 0 Å². The van der Waals surface area contributed by atoms with E-state index in [1.165, 1.54) is 0 Å². The normalized spacial score (nSPS) is 15.8. The molecule has 4 heteroatoms. The molecule has 0 spiro atoms. The minimum atomic E-state index is -0.443. The molecule has 0 radical (unpaired) electrons. The predicted octanol–water partition coefficient (Wildman–Crippen LogP) is 2.76. The van der Waals surface area contributed by atoms with Crippen molar-refractivity contribution in [3.05, 3.63) is 29.6 Å². The van der Waals surface area contributed by atoms with Gasteiger partial charge in [0.2, 0.25) is 0 Å². The summed E-state index contributed by atoms with van der Waals surface area (Å²) in [5.41, 5.74) is 1.78. The number of aryl methyl sites for hydroxylation is 1. The number of aromatic nitrogens is 1. The Morgan fingerprint density at radius 2 is 2.22 bits per heavy atom. The Balaban J connectivity index is 2.10. The van der Waals surface area contributed by atoms with Crippen LogP contribution in [0.2, 0.25) is 0 Å². The van der Waals surface area contributed by atoms with E-state index >= 15 is 0 Å². The van der Waals surface area contributed by atoms with Crippen molar-refractivity contribution >= 4 is 6.09 Å². The first-order chi connectivity index (χ1) is 8.46. The van der Waals surface area contributed by atoms with Gasteiger partial charge in [0.05, 0.1) is 6.54 Å². The second kappa shape index (κ2) is 4.96. The van der Waals surface area contributed by atoms with Gasteiger partial charge < -0.3 is 9.64 Å². The number of nitrogens with zero attached hydrogens (tertiary/aromatic N) is 2. The smallest absolute Gasteiger partial charge is 0.410 e. The molecule has 0 saturated heterocycles. The van der Waals surface area contributed by atoms with Crippen molar-refractivity contribution in [1.29, 1.82) is 0 Å². The number of amides is 1. The summed E-state index contributed by atoms with van der Waals surface area (Å²) in [7, 11) is 0. The topological polar surface area (TPSA) is 42.4 Å². The molecule has 0 aromatic carbocycles. The Morgan fingerprint density at radius 1 is 1.44 bits per heavy atom. The first-order valence-electron chi connectivity index (χ1n) is 6.36. The molecule has 0 atom stereocenters. The standard InChI is InChI=1S/C14H20N2O2/c1-14(2,3)18-13(17)16-9-5-7-12-11(10-16)6-4-8-15-12/h4,6,8H,5,7,9-10H2,1-3H3. The van der Waals surface area contributed by atoms with E-state index in [2.05, 4.69) is 4.98 Å². The van der Waals surface area contributed by atoms with E-state index in [-0.39, 0.29) is 6.09 Å². The van der Waals surface area contributed by atoms with Gasteiger partial charge in [-0.25, -0.2) is 4.79 Å². The SMILES string of the molecule is CC(C)(C)OC(=O)N1CCCc2ncccc2C1. The summed E-state index contributed by atoms with van der Waals surface area (Å²) < 4.78 is 5.41. The number of carbonyl (C=O) groups is 1. The van der Waals surface area contributed by atoms with Gasteiger partial charge >= 0.3 is 6.09 Å². The monoisotopic (exact) mass is 248 g/mol. The Kier molecular flexibility index (Phi) is 3.55. The molecule has 0 N–H and O–H groups in total. The average Bonchev–Trinajstić information content (AvgIpc) is 2.48. The lowest BCUT2D eigenvalue weighted by Gasteiger charge is -2.26. The largest absolute Gasteiger partial charge is 0.444 e. The highest BCUT2D eigenvalue weighted by Gasteiger charge is 2.24. The van der Waals surface area contributed by atoms with E-state index in [4.69, 9.17) is 4.74 Å². The lowest BCUT2D eigenvalue weighted by Crippen LogP contribution is -2.36. The van der Waals surface area contributed by atoms with E-state index in [1.54, 1.807) is 4.90 Å². The highest BCUT2D eigenvalue weighted by Crippen LogP contribution is 2.18. The molecule has 2 rings (SSSR count). The van der Waals surface area contributed by atoms with Crippen LogP contribution in [0.15, 0.2) is 18.3 Å². The molecule has 1 aliphatic heterocycles. The number of ether oxygens (including phenoxy) is 1. The molecule has 1 aromatic rings. The van der Waals surface area contributed by atoms with Crippen molar-refractivity contribution in [2.75, 3.05) is 6.54 Å². The minimum Gasteiger partial charge on any atom is -0.444 e. The van der Waals surface area contributed by atoms with Gasteiger partial charge in [0, 0.05) is 18.4 Å². The van der Waals surface area contributed by atoms with Crippen molar-refractivity contribution in [3.8, 4) is 0 Å². The number of hydrogen-bond donors (Lipinski definition) is 0. The Morgan fingerprint density at radius 3 is 2.94 bits per heavy atom. The van der Waals surface area contributed by atoms with Crippen molar-refractivity contribution < 1.29 is 9.53 Å². The molecule has 1 aromatic heterocycles. The summed E-state index contributed by atoms with van der Waals surface area (Å²) in [6.07, 6.45) is 3.43. The third-order valence-electron chi connectivity index (χ3n) is 2.84. The van der Waals surface area contributed by atoms with Crippen molar-refractivity contribution in [1.82, 2.24) is 9.88 Å². The molecule has 0 saturated carbocycles. The lowest BCUT2D eigenvalue weighted by molar-refractivity contribution is 0.0237. The Bertz CT molecular complexity index is 438. The van der Waals surface area contributed by atoms with Gasteiger partial charge in [0.1, 0.15) is 5.60 Å². The highest BCUT2D eigenvalue weighted by atomic mass is 16.6. The molecule has 0 bridgehead atoms. The zero-order valence-electron chi connectivity index (χ0n) is 11.3. The number of carbonyl (C=O) groups excluding carboxylic acids is 1. The molecule has 98 valence electrons. The van der Waals surface area contributed by atoms with Gasteiger partial charge in [-0.15, -0.1) is 0 Å². The van der Waals surface area contributed by atoms with Gasteiger partial charge in [0.25, 0.3) is 0 Å². The second-order valence-corrected chi connectivity index (χ2v) is 5.61. The maximum Gasteiger partial charge on any atom is 0.410 e. The third-order valence-corrected chi connectivity index (χ3v) is 2.84. The van der Waals surface area contributed by atoms with Crippen LogP contribution in [-0.4, -0.2) is 28.1 Å². The highest BCUT2D eigenvalue weighted by molar-refractivity contribution is 5.68. The molecule has 2 heterocycles. The fourth-order valence-electron chi connectivity index (χ4n) is 2.04. The van der Waals surface area contributed by atoms with Crippen LogP contribution in [0.3, 0.4) is 0 Å². The third kappa shape index (κ3) is 3.22. The molecule has 1 aliphatic rings. The molecular formula is C14H20N2O2. The van der Waals surface area contributed by atoms with Crippen LogP contribution in [0.4, 0.5) is 4.79 Å². The van der Waals surface area contributed by atoms with Crippen molar-refractivity contribution in [2.24, 2.45) is 0 Å². The van der Waals surface area contributed by atoms with Gasteiger partial charge in [-0.05, 0) is 45.2 Å². The summed E-state index contributed by atoms with van der Waals surface area (Å²) >= 11 is 0. The summed E-state index contributed by atoms with van der Waals surface area (Å²) in [4.78, 5) is 18.2. The fraction of sp³-hybridized carbons (Fsp3) is 0.571. The Hall–Kier alpha value is -1.58. The van der Waals surface area contributed by atoms with Crippen molar-refractivity contribution in [2.45, 2.75) is 45.8 Å². The van der Waals surface area contributed by atoms with Crippen LogP contribution in [0.1, 0.15) is 38.4 Å². The van der Waals surface area contributed by atoms with Crippen LogP contribution in [-0.2, 0) is 17.7 Å². The molecule has 0 fully saturated rings. The van der Waals surface area contributed by atoms with Crippen LogP contribution in [0.25, 0.3) is 0 Å². The molecular weight excluding hydrogens is 228 g/mol. The maximum atomic E-state index is 12.1. The lowest BCUT2D eigenvalue weighted by atomic mass is 10.1.